The molecule has 1 aromatic heterocycles. The molecule has 1 aromatic rings. The molecule has 2 rings (SSSR count). The van der Waals surface area contributed by atoms with Gasteiger partial charge < -0.3 is 0 Å². The van der Waals surface area contributed by atoms with E-state index < -0.39 is 0 Å². The molecule has 1 aliphatic rings. The Hall–Kier alpha value is -1.17. The maximum absolute atomic E-state index is 11.3. The van der Waals surface area contributed by atoms with Gasteiger partial charge in [0.15, 0.2) is 0 Å². The molecular formula is C9H12N4OS. The molecule has 5 nitrogen and oxygen atoms in total. The lowest BCUT2D eigenvalue weighted by atomic mass is 10.1. The summed E-state index contributed by atoms with van der Waals surface area (Å²) in [5, 5.41) is 7.37. The maximum atomic E-state index is 11.3. The number of aromatic nitrogens is 3. The number of aromatic amines is 1. The summed E-state index contributed by atoms with van der Waals surface area (Å²) in [6.45, 7) is 1.89. The first kappa shape index (κ1) is 10.4. The van der Waals surface area contributed by atoms with Crippen LogP contribution >= 0.6 is 11.8 Å². The van der Waals surface area contributed by atoms with Gasteiger partial charge in [0.05, 0.1) is 5.92 Å². The van der Waals surface area contributed by atoms with Crippen molar-refractivity contribution in [3.8, 4) is 0 Å². The molecule has 15 heavy (non-hydrogen) atoms. The molecule has 1 aliphatic carbocycles. The van der Waals surface area contributed by atoms with Gasteiger partial charge in [0.1, 0.15) is 5.78 Å². The highest BCUT2D eigenvalue weighted by atomic mass is 32.2. The van der Waals surface area contributed by atoms with E-state index in [9.17, 15) is 4.79 Å². The third kappa shape index (κ3) is 2.09. The van der Waals surface area contributed by atoms with Crippen LogP contribution < -0.4 is 0 Å². The molecule has 0 amide bonds. The number of nitrogens with zero attached hydrogens (tertiary/aromatic N) is 3. The van der Waals surface area contributed by atoms with Crippen molar-refractivity contribution in [1.82, 2.24) is 15.2 Å². The highest BCUT2D eigenvalue weighted by Crippen LogP contribution is 2.21. The Morgan fingerprint density at radius 1 is 1.53 bits per heavy atom. The zero-order chi connectivity index (χ0) is 10.8. The summed E-state index contributed by atoms with van der Waals surface area (Å²) >= 11 is 1.46. The Morgan fingerprint density at radius 3 is 2.87 bits per heavy atom. The van der Waals surface area contributed by atoms with E-state index in [0.717, 1.165) is 12.1 Å². The van der Waals surface area contributed by atoms with E-state index in [1.807, 2.05) is 13.2 Å². The summed E-state index contributed by atoms with van der Waals surface area (Å²) in [6, 6.07) is 0. The Kier molecular flexibility index (Phi) is 2.86. The Bertz CT molecular complexity index is 412. The number of thioether (sulfide) groups is 1. The van der Waals surface area contributed by atoms with Crippen molar-refractivity contribution in [2.45, 2.75) is 24.9 Å². The number of rotatable bonds is 2. The normalized spacial score (nSPS) is 24.0. The van der Waals surface area contributed by atoms with E-state index in [-0.39, 0.29) is 11.7 Å². The quantitative estimate of drug-likeness (QED) is 0.774. The molecule has 1 unspecified atom stereocenters. The van der Waals surface area contributed by atoms with Gasteiger partial charge >= 0.3 is 0 Å². The molecule has 0 aliphatic heterocycles. The molecule has 0 spiro atoms. The standard InChI is InChI=1S/C9H12N4OS/c1-5-6(3-4-7(5)14)10-8-11-9(15-2)13-12-8/h5H,3-4H2,1-2H3,(H,11,12,13)/b10-6-. The largest absolute Gasteiger partial charge is 0.299 e. The number of hydrogen-bond acceptors (Lipinski definition) is 5. The van der Waals surface area contributed by atoms with E-state index in [4.69, 9.17) is 0 Å². The lowest BCUT2D eigenvalue weighted by Gasteiger charge is -1.99. The number of nitrogens with one attached hydrogen (secondary N) is 1. The van der Waals surface area contributed by atoms with Gasteiger partial charge in [0.25, 0.3) is 0 Å². The van der Waals surface area contributed by atoms with Crippen LogP contribution in [-0.2, 0) is 4.79 Å². The van der Waals surface area contributed by atoms with E-state index in [0.29, 0.717) is 17.5 Å². The summed E-state index contributed by atoms with van der Waals surface area (Å²) in [6.07, 6.45) is 3.25. The minimum absolute atomic E-state index is 0.0622. The third-order valence-corrected chi connectivity index (χ3v) is 3.04. The van der Waals surface area contributed by atoms with Crippen LogP contribution in [0.4, 0.5) is 5.95 Å². The summed E-state index contributed by atoms with van der Waals surface area (Å²) in [5.41, 5.74) is 0.906. The molecule has 1 N–H and O–H groups in total. The Morgan fingerprint density at radius 2 is 2.33 bits per heavy atom. The van der Waals surface area contributed by atoms with Crippen molar-refractivity contribution in [1.29, 1.82) is 0 Å². The second-order valence-corrected chi connectivity index (χ2v) is 4.21. The van der Waals surface area contributed by atoms with E-state index >= 15 is 0 Å². The average molecular weight is 224 g/mol. The number of aliphatic imine (C=N–C) groups is 1. The summed E-state index contributed by atoms with van der Waals surface area (Å²) in [7, 11) is 0. The van der Waals surface area contributed by atoms with Crippen LogP contribution in [0.1, 0.15) is 19.8 Å². The predicted octanol–water partition coefficient (Wildman–Crippen LogP) is 1.60. The van der Waals surface area contributed by atoms with Gasteiger partial charge in [-0.2, -0.15) is 4.98 Å². The number of carbonyl (C=O) groups excluding carboxylic acids is 1. The van der Waals surface area contributed by atoms with Crippen LogP contribution in [0.25, 0.3) is 0 Å². The first-order chi connectivity index (χ1) is 7.20. The Balaban J connectivity index is 2.19. The van der Waals surface area contributed by atoms with Crippen LogP contribution in [-0.4, -0.2) is 32.9 Å². The minimum Gasteiger partial charge on any atom is -0.299 e. The summed E-state index contributed by atoms with van der Waals surface area (Å²) in [4.78, 5) is 19.8. The van der Waals surface area contributed by atoms with Crippen LogP contribution in [0.2, 0.25) is 0 Å². The predicted molar refractivity (Wildman–Crippen MR) is 58.7 cm³/mol. The fourth-order valence-electron chi connectivity index (χ4n) is 1.54. The smallest absolute Gasteiger partial charge is 0.246 e. The molecule has 80 valence electrons. The minimum atomic E-state index is -0.0622. The SMILES string of the molecule is CSc1n[nH]c(/N=C2/CCC(=O)C2C)n1. The lowest BCUT2D eigenvalue weighted by Crippen LogP contribution is -2.09. The first-order valence-electron chi connectivity index (χ1n) is 4.77. The number of carbonyl (C=O) groups is 1. The second-order valence-electron chi connectivity index (χ2n) is 3.44. The average Bonchev–Trinajstić information content (AvgIpc) is 2.80. The van der Waals surface area contributed by atoms with Crippen molar-refractivity contribution in [3.63, 3.8) is 0 Å². The molecule has 0 radical (unpaired) electrons. The summed E-state index contributed by atoms with van der Waals surface area (Å²) < 4.78 is 0. The van der Waals surface area contributed by atoms with Crippen molar-refractivity contribution in [2.24, 2.45) is 10.9 Å². The number of Topliss-reactive ketones (excluding diaryl/α,β-unsaturated/α-hetero) is 1. The van der Waals surface area contributed by atoms with Gasteiger partial charge in [-0.05, 0) is 12.7 Å². The molecule has 1 saturated carbocycles. The van der Waals surface area contributed by atoms with Crippen molar-refractivity contribution in [3.05, 3.63) is 0 Å². The maximum Gasteiger partial charge on any atom is 0.246 e. The van der Waals surface area contributed by atoms with Gasteiger partial charge in [0.2, 0.25) is 11.1 Å². The fraction of sp³-hybridized carbons (Fsp3) is 0.556. The number of H-pyrrole nitrogens is 1. The lowest BCUT2D eigenvalue weighted by molar-refractivity contribution is -0.119. The molecular weight excluding hydrogens is 212 g/mol. The third-order valence-electron chi connectivity index (χ3n) is 2.50. The number of hydrogen-bond donors (Lipinski definition) is 1. The van der Waals surface area contributed by atoms with E-state index in [1.165, 1.54) is 11.8 Å². The van der Waals surface area contributed by atoms with E-state index in [2.05, 4.69) is 20.2 Å². The monoisotopic (exact) mass is 224 g/mol. The zero-order valence-corrected chi connectivity index (χ0v) is 9.47. The van der Waals surface area contributed by atoms with Crippen molar-refractivity contribution < 1.29 is 4.79 Å². The van der Waals surface area contributed by atoms with Gasteiger partial charge in [-0.15, -0.1) is 5.10 Å². The molecule has 0 saturated heterocycles. The highest BCUT2D eigenvalue weighted by molar-refractivity contribution is 7.98. The van der Waals surface area contributed by atoms with Gasteiger partial charge in [-0.25, -0.2) is 10.1 Å². The highest BCUT2D eigenvalue weighted by Gasteiger charge is 2.26. The van der Waals surface area contributed by atoms with Gasteiger partial charge in [0, 0.05) is 12.1 Å². The second kappa shape index (κ2) is 4.14. The number of ketones is 1. The fourth-order valence-corrected chi connectivity index (χ4v) is 1.85. The zero-order valence-electron chi connectivity index (χ0n) is 8.65. The topological polar surface area (TPSA) is 71.0 Å². The van der Waals surface area contributed by atoms with Crippen LogP contribution in [0.15, 0.2) is 10.1 Å². The molecule has 1 atom stereocenters. The Labute approximate surface area is 91.8 Å². The van der Waals surface area contributed by atoms with Crippen molar-refractivity contribution in [2.75, 3.05) is 6.26 Å². The van der Waals surface area contributed by atoms with Crippen molar-refractivity contribution >= 4 is 29.2 Å². The molecule has 1 fully saturated rings. The van der Waals surface area contributed by atoms with Gasteiger partial charge in [-0.3, -0.25) is 4.79 Å². The van der Waals surface area contributed by atoms with Crippen LogP contribution in [0.5, 0.6) is 0 Å². The molecule has 1 heterocycles. The van der Waals surface area contributed by atoms with E-state index in [1.54, 1.807) is 0 Å². The van der Waals surface area contributed by atoms with Crippen LogP contribution in [0, 0.1) is 5.92 Å². The van der Waals surface area contributed by atoms with Gasteiger partial charge in [-0.1, -0.05) is 18.7 Å². The first-order valence-corrected chi connectivity index (χ1v) is 5.99. The molecule has 0 aromatic carbocycles. The molecule has 6 heteroatoms. The summed E-state index contributed by atoms with van der Waals surface area (Å²) in [5.74, 6) is 0.696. The molecule has 0 bridgehead atoms. The van der Waals surface area contributed by atoms with Crippen LogP contribution in [0.3, 0.4) is 0 Å².